The van der Waals surface area contributed by atoms with E-state index in [1.54, 1.807) is 0 Å². The number of carbonyl (C=O) groups excluding carboxylic acids is 1. The molecule has 2 fully saturated rings. The Balaban J connectivity index is 1.91. The van der Waals surface area contributed by atoms with Gasteiger partial charge in [0.1, 0.15) is 0 Å². The maximum Gasteiger partial charge on any atom is 0.239 e. The van der Waals surface area contributed by atoms with Crippen molar-refractivity contribution in [2.24, 2.45) is 11.8 Å². The number of nitrogens with zero attached hydrogens (tertiary/aromatic N) is 1. The van der Waals surface area contributed by atoms with Crippen molar-refractivity contribution in [2.45, 2.75) is 45.1 Å². The second-order valence-corrected chi connectivity index (χ2v) is 5.86. The second-order valence-electron chi connectivity index (χ2n) is 5.86. The van der Waals surface area contributed by atoms with Gasteiger partial charge in [0.25, 0.3) is 0 Å². The fourth-order valence-electron chi connectivity index (χ4n) is 3.26. The van der Waals surface area contributed by atoms with E-state index in [1.807, 2.05) is 4.90 Å². The summed E-state index contributed by atoms with van der Waals surface area (Å²) in [5, 5.41) is 12.4. The van der Waals surface area contributed by atoms with Crippen molar-refractivity contribution in [1.82, 2.24) is 10.2 Å². The first-order chi connectivity index (χ1) is 8.72. The van der Waals surface area contributed by atoms with Crippen LogP contribution in [-0.4, -0.2) is 48.2 Å². The number of piperidine rings is 2. The Morgan fingerprint density at radius 1 is 1.39 bits per heavy atom. The average Bonchev–Trinajstić information content (AvgIpc) is 2.39. The van der Waals surface area contributed by atoms with Gasteiger partial charge in [0.05, 0.1) is 6.04 Å². The van der Waals surface area contributed by atoms with E-state index in [4.69, 9.17) is 5.11 Å². The van der Waals surface area contributed by atoms with Crippen molar-refractivity contribution < 1.29 is 9.90 Å². The third-order valence-corrected chi connectivity index (χ3v) is 4.40. The van der Waals surface area contributed by atoms with Crippen molar-refractivity contribution in [2.75, 3.05) is 26.2 Å². The third-order valence-electron chi connectivity index (χ3n) is 4.40. The van der Waals surface area contributed by atoms with E-state index in [-0.39, 0.29) is 18.6 Å². The van der Waals surface area contributed by atoms with E-state index in [2.05, 4.69) is 12.2 Å². The number of aliphatic hydroxyl groups is 1. The van der Waals surface area contributed by atoms with Gasteiger partial charge in [-0.25, -0.2) is 0 Å². The minimum atomic E-state index is 0.0200. The molecule has 2 N–H and O–H groups in total. The predicted octanol–water partition coefficient (Wildman–Crippen LogP) is 0.995. The Kier molecular flexibility index (Phi) is 5.01. The van der Waals surface area contributed by atoms with Crippen LogP contribution in [0.5, 0.6) is 0 Å². The maximum absolute atomic E-state index is 12.5. The summed E-state index contributed by atoms with van der Waals surface area (Å²) in [6.07, 6.45) is 5.39. The Labute approximate surface area is 110 Å². The van der Waals surface area contributed by atoms with E-state index in [0.717, 1.165) is 45.3 Å². The molecule has 0 aromatic heterocycles. The van der Waals surface area contributed by atoms with Crippen molar-refractivity contribution in [3.05, 3.63) is 0 Å². The minimum Gasteiger partial charge on any atom is -0.396 e. The SMILES string of the molecule is CC1CCCNC1C(=O)N1CCCC(CCO)C1. The maximum atomic E-state index is 12.5. The van der Waals surface area contributed by atoms with Crippen molar-refractivity contribution in [3.8, 4) is 0 Å². The molecule has 0 aromatic carbocycles. The standard InChI is InChI=1S/C14H26N2O2/c1-11-4-2-7-15-13(11)14(18)16-8-3-5-12(10-16)6-9-17/h11-13,15,17H,2-10H2,1H3. The molecule has 1 amide bonds. The van der Waals surface area contributed by atoms with Crippen molar-refractivity contribution >= 4 is 5.91 Å². The summed E-state index contributed by atoms with van der Waals surface area (Å²) in [5.74, 6) is 1.22. The average molecular weight is 254 g/mol. The second kappa shape index (κ2) is 6.53. The number of hydrogen-bond donors (Lipinski definition) is 2. The van der Waals surface area contributed by atoms with Gasteiger partial charge in [-0.2, -0.15) is 0 Å². The zero-order chi connectivity index (χ0) is 13.0. The quantitative estimate of drug-likeness (QED) is 0.790. The number of rotatable bonds is 3. The zero-order valence-corrected chi connectivity index (χ0v) is 11.4. The zero-order valence-electron chi connectivity index (χ0n) is 11.4. The summed E-state index contributed by atoms with van der Waals surface area (Å²) in [7, 11) is 0. The van der Waals surface area contributed by atoms with Gasteiger partial charge < -0.3 is 15.3 Å². The van der Waals surface area contributed by atoms with Gasteiger partial charge in [-0.15, -0.1) is 0 Å². The fourth-order valence-corrected chi connectivity index (χ4v) is 3.26. The molecule has 18 heavy (non-hydrogen) atoms. The molecule has 104 valence electrons. The first kappa shape index (κ1) is 13.8. The van der Waals surface area contributed by atoms with E-state index in [9.17, 15) is 4.79 Å². The van der Waals surface area contributed by atoms with Crippen LogP contribution < -0.4 is 5.32 Å². The minimum absolute atomic E-state index is 0.0200. The van der Waals surface area contributed by atoms with Crippen LogP contribution in [0.3, 0.4) is 0 Å². The molecule has 0 spiro atoms. The molecule has 2 rings (SSSR count). The predicted molar refractivity (Wildman–Crippen MR) is 71.2 cm³/mol. The molecule has 3 unspecified atom stereocenters. The first-order valence-corrected chi connectivity index (χ1v) is 7.35. The molecule has 2 heterocycles. The monoisotopic (exact) mass is 254 g/mol. The van der Waals surface area contributed by atoms with Gasteiger partial charge in [0.2, 0.25) is 5.91 Å². The lowest BCUT2D eigenvalue weighted by Crippen LogP contribution is -2.54. The largest absolute Gasteiger partial charge is 0.396 e. The van der Waals surface area contributed by atoms with Crippen LogP contribution in [0.15, 0.2) is 0 Å². The molecule has 0 aromatic rings. The van der Waals surface area contributed by atoms with Gasteiger partial charge in [0, 0.05) is 19.7 Å². The number of nitrogens with one attached hydrogen (secondary N) is 1. The molecule has 2 aliphatic rings. The van der Waals surface area contributed by atoms with Gasteiger partial charge in [-0.1, -0.05) is 6.92 Å². The van der Waals surface area contributed by atoms with Crippen LogP contribution in [0.4, 0.5) is 0 Å². The molecule has 2 saturated heterocycles. The van der Waals surface area contributed by atoms with Gasteiger partial charge >= 0.3 is 0 Å². The number of aliphatic hydroxyl groups excluding tert-OH is 1. The molecular formula is C14H26N2O2. The molecule has 4 heteroatoms. The lowest BCUT2D eigenvalue weighted by Gasteiger charge is -2.38. The molecule has 2 aliphatic heterocycles. The van der Waals surface area contributed by atoms with Crippen LogP contribution >= 0.6 is 0 Å². The lowest BCUT2D eigenvalue weighted by molar-refractivity contribution is -0.137. The Bertz CT molecular complexity index is 281. The highest BCUT2D eigenvalue weighted by molar-refractivity contribution is 5.82. The van der Waals surface area contributed by atoms with Crippen molar-refractivity contribution in [3.63, 3.8) is 0 Å². The smallest absolute Gasteiger partial charge is 0.239 e. The number of carbonyl (C=O) groups is 1. The molecule has 0 radical (unpaired) electrons. The Morgan fingerprint density at radius 2 is 2.22 bits per heavy atom. The highest BCUT2D eigenvalue weighted by Crippen LogP contribution is 2.23. The summed E-state index contributed by atoms with van der Waals surface area (Å²) in [6, 6.07) is 0.0200. The molecule has 0 bridgehead atoms. The number of likely N-dealkylation sites (tertiary alicyclic amines) is 1. The molecular weight excluding hydrogens is 228 g/mol. The molecule has 0 aliphatic carbocycles. The summed E-state index contributed by atoms with van der Waals surface area (Å²) in [4.78, 5) is 14.5. The Hall–Kier alpha value is -0.610. The fraction of sp³-hybridized carbons (Fsp3) is 0.929. The van der Waals surface area contributed by atoms with Gasteiger partial charge in [0.15, 0.2) is 0 Å². The molecule has 4 nitrogen and oxygen atoms in total. The highest BCUT2D eigenvalue weighted by atomic mass is 16.3. The van der Waals surface area contributed by atoms with Crippen LogP contribution in [0.25, 0.3) is 0 Å². The number of hydrogen-bond acceptors (Lipinski definition) is 3. The summed E-state index contributed by atoms with van der Waals surface area (Å²) >= 11 is 0. The summed E-state index contributed by atoms with van der Waals surface area (Å²) < 4.78 is 0. The summed E-state index contributed by atoms with van der Waals surface area (Å²) in [6.45, 7) is 5.11. The Morgan fingerprint density at radius 3 is 2.94 bits per heavy atom. The van der Waals surface area contributed by atoms with Gasteiger partial charge in [-0.3, -0.25) is 4.79 Å². The normalized spacial score (nSPS) is 33.4. The van der Waals surface area contributed by atoms with Crippen LogP contribution in [-0.2, 0) is 4.79 Å². The van der Waals surface area contributed by atoms with Crippen molar-refractivity contribution in [1.29, 1.82) is 0 Å². The van der Waals surface area contributed by atoms with Crippen LogP contribution in [0.1, 0.15) is 39.0 Å². The van der Waals surface area contributed by atoms with Crippen LogP contribution in [0.2, 0.25) is 0 Å². The van der Waals surface area contributed by atoms with E-state index >= 15 is 0 Å². The third kappa shape index (κ3) is 3.23. The van der Waals surface area contributed by atoms with E-state index in [0.29, 0.717) is 11.8 Å². The van der Waals surface area contributed by atoms with E-state index < -0.39 is 0 Å². The highest BCUT2D eigenvalue weighted by Gasteiger charge is 2.33. The topological polar surface area (TPSA) is 52.6 Å². The van der Waals surface area contributed by atoms with Gasteiger partial charge in [-0.05, 0) is 50.5 Å². The molecule has 3 atom stereocenters. The lowest BCUT2D eigenvalue weighted by atomic mass is 9.89. The number of amides is 1. The summed E-state index contributed by atoms with van der Waals surface area (Å²) in [5.41, 5.74) is 0. The first-order valence-electron chi connectivity index (χ1n) is 7.35. The van der Waals surface area contributed by atoms with Crippen LogP contribution in [0, 0.1) is 11.8 Å². The molecule has 0 saturated carbocycles. The van der Waals surface area contributed by atoms with E-state index in [1.165, 1.54) is 6.42 Å².